The van der Waals surface area contributed by atoms with Crippen LogP contribution in [-0.2, 0) is 5.41 Å². The molecule has 2 rings (SSSR count). The zero-order valence-corrected chi connectivity index (χ0v) is 14.4. The van der Waals surface area contributed by atoms with Gasteiger partial charge in [-0.2, -0.15) is 0 Å². The van der Waals surface area contributed by atoms with Gasteiger partial charge in [-0.3, -0.25) is 0 Å². The number of para-hydroxylation sites is 1. The Morgan fingerprint density at radius 1 is 1.05 bits per heavy atom. The first kappa shape index (κ1) is 16.1. The van der Waals surface area contributed by atoms with Crippen molar-refractivity contribution in [1.29, 1.82) is 0 Å². The van der Waals surface area contributed by atoms with Crippen LogP contribution in [0.15, 0.2) is 46.9 Å². The first-order valence-corrected chi connectivity index (χ1v) is 7.83. The highest BCUT2D eigenvalue weighted by Gasteiger charge is 2.20. The lowest BCUT2D eigenvalue weighted by Crippen LogP contribution is -2.12. The second-order valence-electron chi connectivity index (χ2n) is 6.21. The summed E-state index contributed by atoms with van der Waals surface area (Å²) in [5, 5.41) is 9.91. The molecule has 1 unspecified atom stereocenters. The van der Waals surface area contributed by atoms with E-state index in [-0.39, 0.29) is 5.41 Å². The number of aliphatic hydroxyl groups is 1. The molecule has 0 aromatic heterocycles. The van der Waals surface area contributed by atoms with Crippen LogP contribution in [0.4, 0.5) is 0 Å². The Labute approximate surface area is 134 Å². The van der Waals surface area contributed by atoms with E-state index in [1.54, 1.807) is 6.92 Å². The largest absolute Gasteiger partial charge is 0.457 e. The molecule has 2 nitrogen and oxygen atoms in total. The van der Waals surface area contributed by atoms with Gasteiger partial charge < -0.3 is 9.84 Å². The lowest BCUT2D eigenvalue weighted by Gasteiger charge is -2.23. The fraction of sp³-hybridized carbons (Fsp3) is 0.333. The number of hydrogen-bond acceptors (Lipinski definition) is 2. The first-order chi connectivity index (χ1) is 9.79. The summed E-state index contributed by atoms with van der Waals surface area (Å²) in [6.07, 6.45) is -0.574. The molecule has 0 aliphatic rings. The summed E-state index contributed by atoms with van der Waals surface area (Å²) >= 11 is 3.46. The predicted octanol–water partition coefficient (Wildman–Crippen LogP) is 5.59. The molecule has 0 heterocycles. The quantitative estimate of drug-likeness (QED) is 0.782. The number of rotatable bonds is 3. The molecule has 3 heteroatoms. The van der Waals surface area contributed by atoms with E-state index in [0.717, 1.165) is 21.3 Å². The lowest BCUT2D eigenvalue weighted by molar-refractivity contribution is 0.195. The monoisotopic (exact) mass is 348 g/mol. The van der Waals surface area contributed by atoms with Crippen LogP contribution in [0, 0.1) is 0 Å². The van der Waals surface area contributed by atoms with Gasteiger partial charge in [-0.1, -0.05) is 61.0 Å². The average Bonchev–Trinajstić information content (AvgIpc) is 2.37. The summed E-state index contributed by atoms with van der Waals surface area (Å²) in [5.41, 5.74) is 1.91. The predicted molar refractivity (Wildman–Crippen MR) is 90.0 cm³/mol. The highest BCUT2D eigenvalue weighted by atomic mass is 79.9. The SMILES string of the molecule is CC(O)c1ccc(Br)cc1Oc1ccccc1C(C)(C)C. The fourth-order valence-electron chi connectivity index (χ4n) is 2.24. The van der Waals surface area contributed by atoms with Crippen LogP contribution in [0.25, 0.3) is 0 Å². The summed E-state index contributed by atoms with van der Waals surface area (Å²) in [6, 6.07) is 13.7. The first-order valence-electron chi connectivity index (χ1n) is 7.04. The van der Waals surface area contributed by atoms with Gasteiger partial charge in [0, 0.05) is 15.6 Å². The Bertz CT molecular complexity index is 627. The maximum Gasteiger partial charge on any atom is 0.134 e. The second-order valence-corrected chi connectivity index (χ2v) is 7.12. The van der Waals surface area contributed by atoms with E-state index in [1.165, 1.54) is 0 Å². The lowest BCUT2D eigenvalue weighted by atomic mass is 9.86. The Morgan fingerprint density at radius 3 is 2.33 bits per heavy atom. The summed E-state index contributed by atoms with van der Waals surface area (Å²) < 4.78 is 7.05. The molecule has 112 valence electrons. The summed E-state index contributed by atoms with van der Waals surface area (Å²) in [4.78, 5) is 0. The molecule has 0 saturated heterocycles. The van der Waals surface area contributed by atoms with Gasteiger partial charge in [0.25, 0.3) is 0 Å². The van der Waals surface area contributed by atoms with Crippen molar-refractivity contribution in [3.63, 3.8) is 0 Å². The minimum Gasteiger partial charge on any atom is -0.457 e. The Kier molecular flexibility index (Phi) is 4.74. The minimum atomic E-state index is -0.574. The van der Waals surface area contributed by atoms with E-state index in [0.29, 0.717) is 5.75 Å². The normalized spacial score (nSPS) is 13.0. The van der Waals surface area contributed by atoms with Crippen LogP contribution in [0.5, 0.6) is 11.5 Å². The van der Waals surface area contributed by atoms with Gasteiger partial charge >= 0.3 is 0 Å². The van der Waals surface area contributed by atoms with Gasteiger partial charge in [-0.25, -0.2) is 0 Å². The third-order valence-corrected chi connectivity index (χ3v) is 3.83. The fourth-order valence-corrected chi connectivity index (χ4v) is 2.58. The van der Waals surface area contributed by atoms with Crippen LogP contribution in [0.3, 0.4) is 0 Å². The van der Waals surface area contributed by atoms with Crippen molar-refractivity contribution in [2.45, 2.75) is 39.2 Å². The molecule has 1 N–H and O–H groups in total. The molecule has 0 fully saturated rings. The molecule has 0 aliphatic heterocycles. The topological polar surface area (TPSA) is 29.5 Å². The maximum atomic E-state index is 9.91. The van der Waals surface area contributed by atoms with Crippen molar-refractivity contribution in [2.24, 2.45) is 0 Å². The molecule has 1 atom stereocenters. The summed E-state index contributed by atoms with van der Waals surface area (Å²) in [6.45, 7) is 8.22. The van der Waals surface area contributed by atoms with Crippen molar-refractivity contribution < 1.29 is 9.84 Å². The molecule has 2 aromatic carbocycles. The zero-order chi connectivity index (χ0) is 15.6. The van der Waals surface area contributed by atoms with E-state index in [1.807, 2.05) is 36.4 Å². The number of ether oxygens (including phenoxy) is 1. The van der Waals surface area contributed by atoms with Gasteiger partial charge in [0.1, 0.15) is 11.5 Å². The van der Waals surface area contributed by atoms with Crippen LogP contribution >= 0.6 is 15.9 Å². The van der Waals surface area contributed by atoms with Crippen molar-refractivity contribution in [2.75, 3.05) is 0 Å². The number of benzene rings is 2. The van der Waals surface area contributed by atoms with E-state index in [2.05, 4.69) is 42.8 Å². The van der Waals surface area contributed by atoms with Crippen molar-refractivity contribution in [1.82, 2.24) is 0 Å². The van der Waals surface area contributed by atoms with Crippen LogP contribution in [0.1, 0.15) is 44.9 Å². The van der Waals surface area contributed by atoms with Gasteiger partial charge in [-0.05, 0) is 30.5 Å². The smallest absolute Gasteiger partial charge is 0.134 e. The van der Waals surface area contributed by atoms with Gasteiger partial charge in [0.15, 0.2) is 0 Å². The van der Waals surface area contributed by atoms with E-state index in [9.17, 15) is 5.11 Å². The van der Waals surface area contributed by atoms with Gasteiger partial charge in [-0.15, -0.1) is 0 Å². The molecule has 0 bridgehead atoms. The molecule has 0 aliphatic carbocycles. The van der Waals surface area contributed by atoms with E-state index < -0.39 is 6.10 Å². The average molecular weight is 349 g/mol. The van der Waals surface area contributed by atoms with Gasteiger partial charge in [0.2, 0.25) is 0 Å². The third kappa shape index (κ3) is 3.86. The Morgan fingerprint density at radius 2 is 1.71 bits per heavy atom. The second kappa shape index (κ2) is 6.20. The van der Waals surface area contributed by atoms with Crippen LogP contribution in [-0.4, -0.2) is 5.11 Å². The zero-order valence-electron chi connectivity index (χ0n) is 12.9. The Balaban J connectivity index is 2.46. The third-order valence-electron chi connectivity index (χ3n) is 3.34. The van der Waals surface area contributed by atoms with E-state index >= 15 is 0 Å². The molecule has 0 saturated carbocycles. The summed E-state index contributed by atoms with van der Waals surface area (Å²) in [5.74, 6) is 1.50. The summed E-state index contributed by atoms with van der Waals surface area (Å²) in [7, 11) is 0. The molecule has 21 heavy (non-hydrogen) atoms. The standard InChI is InChI=1S/C18H21BrO2/c1-12(20)14-10-9-13(19)11-17(14)21-16-8-6-5-7-15(16)18(2,3)4/h5-12,20H,1-4H3. The molecule has 0 spiro atoms. The maximum absolute atomic E-state index is 9.91. The van der Waals surface area contributed by atoms with E-state index in [4.69, 9.17) is 4.74 Å². The van der Waals surface area contributed by atoms with Crippen molar-refractivity contribution in [3.05, 3.63) is 58.1 Å². The molecule has 2 aromatic rings. The number of halogens is 1. The highest BCUT2D eigenvalue weighted by Crippen LogP contribution is 2.37. The van der Waals surface area contributed by atoms with Crippen LogP contribution < -0.4 is 4.74 Å². The van der Waals surface area contributed by atoms with Gasteiger partial charge in [0.05, 0.1) is 6.10 Å². The number of aliphatic hydroxyl groups excluding tert-OH is 1. The molecule has 0 radical (unpaired) electrons. The molecule has 0 amide bonds. The Hall–Kier alpha value is -1.32. The molecular formula is C18H21BrO2. The number of hydrogen-bond donors (Lipinski definition) is 1. The van der Waals surface area contributed by atoms with Crippen LogP contribution in [0.2, 0.25) is 0 Å². The molecular weight excluding hydrogens is 328 g/mol. The minimum absolute atomic E-state index is 0.00635. The highest BCUT2D eigenvalue weighted by molar-refractivity contribution is 9.10. The van der Waals surface area contributed by atoms with Crippen molar-refractivity contribution >= 4 is 15.9 Å². The van der Waals surface area contributed by atoms with Crippen molar-refractivity contribution in [3.8, 4) is 11.5 Å².